The van der Waals surface area contributed by atoms with Crippen LogP contribution in [0.5, 0.6) is 17.2 Å². The Hall–Kier alpha value is -1.38. The normalized spacial score (nSPS) is 16.2. The molecule has 19 heavy (non-hydrogen) atoms. The first kappa shape index (κ1) is 14.0. The molecule has 1 fully saturated rings. The van der Waals surface area contributed by atoms with Crippen molar-refractivity contribution in [3.05, 3.63) is 17.7 Å². The third-order valence-corrected chi connectivity index (χ3v) is 4.03. The molecule has 0 heterocycles. The first-order valence-electron chi connectivity index (χ1n) is 7.07. The van der Waals surface area contributed by atoms with Gasteiger partial charge in [0.1, 0.15) is 17.2 Å². The van der Waals surface area contributed by atoms with E-state index in [1.165, 1.54) is 37.7 Å². The zero-order valence-corrected chi connectivity index (χ0v) is 12.2. The van der Waals surface area contributed by atoms with E-state index >= 15 is 0 Å². The van der Waals surface area contributed by atoms with Crippen molar-refractivity contribution in [3.63, 3.8) is 0 Å². The lowest BCUT2D eigenvalue weighted by Gasteiger charge is -2.23. The molecule has 1 aromatic carbocycles. The van der Waals surface area contributed by atoms with Gasteiger partial charge in [-0.15, -0.1) is 0 Å². The molecule has 3 nitrogen and oxygen atoms in total. The maximum Gasteiger partial charge on any atom is 0.129 e. The van der Waals surface area contributed by atoms with E-state index in [1.54, 1.807) is 21.3 Å². The van der Waals surface area contributed by atoms with Gasteiger partial charge in [0.25, 0.3) is 0 Å². The van der Waals surface area contributed by atoms with Gasteiger partial charge < -0.3 is 14.2 Å². The molecule has 0 aliphatic heterocycles. The maximum absolute atomic E-state index is 5.51. The first-order valence-corrected chi connectivity index (χ1v) is 7.07. The molecule has 1 saturated carbocycles. The third-order valence-electron chi connectivity index (χ3n) is 4.03. The summed E-state index contributed by atoms with van der Waals surface area (Å²) in [4.78, 5) is 0. The Labute approximate surface area is 115 Å². The monoisotopic (exact) mass is 264 g/mol. The van der Waals surface area contributed by atoms with Crippen molar-refractivity contribution in [2.45, 2.75) is 38.5 Å². The van der Waals surface area contributed by atoms with Crippen molar-refractivity contribution in [2.75, 3.05) is 21.3 Å². The lowest BCUT2D eigenvalue weighted by Crippen LogP contribution is -2.11. The molecule has 0 bridgehead atoms. The van der Waals surface area contributed by atoms with Crippen molar-refractivity contribution in [3.8, 4) is 17.2 Å². The summed E-state index contributed by atoms with van der Waals surface area (Å²) in [5.41, 5.74) is 1.18. The predicted octanol–water partition coefficient (Wildman–Crippen LogP) is 3.84. The fraction of sp³-hybridized carbons (Fsp3) is 0.625. The SMILES string of the molecule is COc1cc(OC)c(CC2CCCCC2)c(OC)c1. The standard InChI is InChI=1S/C16H24O3/c1-17-13-10-15(18-2)14(16(11-13)19-3)9-12-7-5-4-6-8-12/h10-12H,4-9H2,1-3H3. The lowest BCUT2D eigenvalue weighted by atomic mass is 9.84. The Kier molecular flexibility index (Phi) is 4.94. The second-order valence-corrected chi connectivity index (χ2v) is 5.22. The molecule has 3 heteroatoms. The fourth-order valence-electron chi connectivity index (χ4n) is 2.96. The Balaban J connectivity index is 2.25. The molecule has 0 amide bonds. The van der Waals surface area contributed by atoms with Crippen LogP contribution in [0.15, 0.2) is 12.1 Å². The third kappa shape index (κ3) is 3.34. The summed E-state index contributed by atoms with van der Waals surface area (Å²) in [6, 6.07) is 3.89. The molecular weight excluding hydrogens is 240 g/mol. The van der Waals surface area contributed by atoms with Crippen molar-refractivity contribution in [2.24, 2.45) is 5.92 Å². The molecule has 2 rings (SSSR count). The van der Waals surface area contributed by atoms with E-state index in [4.69, 9.17) is 14.2 Å². The zero-order valence-electron chi connectivity index (χ0n) is 12.2. The van der Waals surface area contributed by atoms with Crippen LogP contribution in [0.25, 0.3) is 0 Å². The summed E-state index contributed by atoms with van der Waals surface area (Å²) in [6.07, 6.45) is 7.76. The number of ether oxygens (including phenoxy) is 3. The highest BCUT2D eigenvalue weighted by Crippen LogP contribution is 2.38. The summed E-state index contributed by atoms with van der Waals surface area (Å²) >= 11 is 0. The average Bonchev–Trinajstić information content (AvgIpc) is 2.48. The van der Waals surface area contributed by atoms with Gasteiger partial charge in [-0.05, 0) is 12.3 Å². The van der Waals surface area contributed by atoms with Crippen LogP contribution in [-0.4, -0.2) is 21.3 Å². The highest BCUT2D eigenvalue weighted by atomic mass is 16.5. The lowest BCUT2D eigenvalue weighted by molar-refractivity contribution is 0.333. The van der Waals surface area contributed by atoms with Gasteiger partial charge in [-0.2, -0.15) is 0 Å². The summed E-state index contributed by atoms with van der Waals surface area (Å²) in [5, 5.41) is 0. The molecule has 0 saturated heterocycles. The predicted molar refractivity (Wildman–Crippen MR) is 76.4 cm³/mol. The van der Waals surface area contributed by atoms with Crippen LogP contribution in [0, 0.1) is 5.92 Å². The molecule has 1 aliphatic rings. The summed E-state index contributed by atoms with van der Waals surface area (Å²) in [6.45, 7) is 0. The fourth-order valence-corrected chi connectivity index (χ4v) is 2.96. The van der Waals surface area contributed by atoms with E-state index in [0.29, 0.717) is 0 Å². The topological polar surface area (TPSA) is 27.7 Å². The van der Waals surface area contributed by atoms with Gasteiger partial charge in [0, 0.05) is 17.7 Å². The van der Waals surface area contributed by atoms with Crippen molar-refractivity contribution >= 4 is 0 Å². The van der Waals surface area contributed by atoms with E-state index in [2.05, 4.69) is 0 Å². The number of rotatable bonds is 5. The Morgan fingerprint density at radius 1 is 0.895 bits per heavy atom. The number of hydrogen-bond donors (Lipinski definition) is 0. The summed E-state index contributed by atoms with van der Waals surface area (Å²) < 4.78 is 16.3. The van der Waals surface area contributed by atoms with Gasteiger partial charge in [-0.3, -0.25) is 0 Å². The second-order valence-electron chi connectivity index (χ2n) is 5.22. The highest BCUT2D eigenvalue weighted by Gasteiger charge is 2.20. The van der Waals surface area contributed by atoms with Crippen LogP contribution in [0.1, 0.15) is 37.7 Å². The molecule has 0 N–H and O–H groups in total. The summed E-state index contributed by atoms with van der Waals surface area (Å²) in [5.74, 6) is 3.29. The van der Waals surface area contributed by atoms with Crippen molar-refractivity contribution < 1.29 is 14.2 Å². The van der Waals surface area contributed by atoms with Gasteiger partial charge in [-0.1, -0.05) is 32.1 Å². The first-order chi connectivity index (χ1) is 9.28. The van der Waals surface area contributed by atoms with Gasteiger partial charge in [-0.25, -0.2) is 0 Å². The number of benzene rings is 1. The molecule has 0 radical (unpaired) electrons. The van der Waals surface area contributed by atoms with Gasteiger partial charge in [0.05, 0.1) is 21.3 Å². The van der Waals surface area contributed by atoms with Crippen LogP contribution in [0.2, 0.25) is 0 Å². The second kappa shape index (κ2) is 6.69. The van der Waals surface area contributed by atoms with Crippen LogP contribution >= 0.6 is 0 Å². The molecule has 0 aromatic heterocycles. The minimum Gasteiger partial charge on any atom is -0.496 e. The van der Waals surface area contributed by atoms with Crippen LogP contribution in [0.3, 0.4) is 0 Å². The average molecular weight is 264 g/mol. The smallest absolute Gasteiger partial charge is 0.129 e. The minimum atomic E-state index is 0.755. The maximum atomic E-state index is 5.51. The Morgan fingerprint density at radius 2 is 1.47 bits per heavy atom. The molecule has 1 aromatic rings. The number of hydrogen-bond acceptors (Lipinski definition) is 3. The molecule has 106 valence electrons. The van der Waals surface area contributed by atoms with Crippen LogP contribution in [-0.2, 0) is 6.42 Å². The molecule has 0 spiro atoms. The van der Waals surface area contributed by atoms with Gasteiger partial charge in [0.15, 0.2) is 0 Å². The Bertz CT molecular complexity index is 383. The molecular formula is C16H24O3. The van der Waals surface area contributed by atoms with Crippen molar-refractivity contribution in [1.82, 2.24) is 0 Å². The van der Waals surface area contributed by atoms with Crippen LogP contribution < -0.4 is 14.2 Å². The van der Waals surface area contributed by atoms with E-state index in [9.17, 15) is 0 Å². The minimum absolute atomic E-state index is 0.755. The number of methoxy groups -OCH3 is 3. The Morgan fingerprint density at radius 3 is 1.95 bits per heavy atom. The summed E-state index contributed by atoms with van der Waals surface area (Å²) in [7, 11) is 5.08. The highest BCUT2D eigenvalue weighted by molar-refractivity contribution is 5.50. The quantitative estimate of drug-likeness (QED) is 0.808. The van der Waals surface area contributed by atoms with Gasteiger partial charge >= 0.3 is 0 Å². The largest absolute Gasteiger partial charge is 0.496 e. The van der Waals surface area contributed by atoms with E-state index < -0.39 is 0 Å². The molecule has 0 atom stereocenters. The van der Waals surface area contributed by atoms with Gasteiger partial charge in [0.2, 0.25) is 0 Å². The molecule has 0 unspecified atom stereocenters. The van der Waals surface area contributed by atoms with Crippen molar-refractivity contribution in [1.29, 1.82) is 0 Å². The van der Waals surface area contributed by atoms with Crippen LogP contribution in [0.4, 0.5) is 0 Å². The van der Waals surface area contributed by atoms with E-state index in [1.807, 2.05) is 12.1 Å². The van der Waals surface area contributed by atoms with E-state index in [0.717, 1.165) is 29.6 Å². The zero-order chi connectivity index (χ0) is 13.7. The van der Waals surface area contributed by atoms with E-state index in [-0.39, 0.29) is 0 Å². The molecule has 1 aliphatic carbocycles.